The SMILES string of the molecule is CCOc1ccc2[nH]c(=O)c(CN(CCc3ccccc3)C(=O)c3sc4ccccc4c3Cl)cc2c1. The number of rotatable bonds is 8. The number of carbonyl (C=O) groups is 1. The summed E-state index contributed by atoms with van der Waals surface area (Å²) in [6, 6.07) is 25.1. The summed E-state index contributed by atoms with van der Waals surface area (Å²) in [7, 11) is 0. The number of ether oxygens (including phenoxy) is 1. The molecule has 1 amide bonds. The highest BCUT2D eigenvalue weighted by atomic mass is 35.5. The number of nitrogens with zero attached hydrogens (tertiary/aromatic N) is 1. The molecule has 3 aromatic carbocycles. The number of halogens is 1. The molecule has 0 bridgehead atoms. The Kier molecular flexibility index (Phi) is 7.07. The van der Waals surface area contributed by atoms with E-state index < -0.39 is 0 Å². The van der Waals surface area contributed by atoms with Crippen LogP contribution < -0.4 is 10.3 Å². The number of hydrogen-bond donors (Lipinski definition) is 1. The number of carbonyl (C=O) groups excluding carboxylic acids is 1. The molecular weight excluding hydrogens is 492 g/mol. The summed E-state index contributed by atoms with van der Waals surface area (Å²) in [5.74, 6) is 0.553. The molecule has 5 rings (SSSR count). The van der Waals surface area contributed by atoms with Crippen LogP contribution in [0.5, 0.6) is 5.75 Å². The van der Waals surface area contributed by atoms with Gasteiger partial charge in [0.2, 0.25) is 0 Å². The Morgan fingerprint density at radius 1 is 1.03 bits per heavy atom. The molecule has 7 heteroatoms. The fourth-order valence-corrected chi connectivity index (χ4v) is 5.75. The van der Waals surface area contributed by atoms with E-state index in [2.05, 4.69) is 4.98 Å². The zero-order valence-corrected chi connectivity index (χ0v) is 21.4. The summed E-state index contributed by atoms with van der Waals surface area (Å²) in [6.45, 7) is 3.10. The van der Waals surface area contributed by atoms with E-state index in [4.69, 9.17) is 16.3 Å². The molecule has 36 heavy (non-hydrogen) atoms. The van der Waals surface area contributed by atoms with Gasteiger partial charge in [0, 0.05) is 33.1 Å². The van der Waals surface area contributed by atoms with Crippen LogP contribution in [0.3, 0.4) is 0 Å². The number of aromatic amines is 1. The van der Waals surface area contributed by atoms with Gasteiger partial charge < -0.3 is 14.6 Å². The largest absolute Gasteiger partial charge is 0.494 e. The Morgan fingerprint density at radius 3 is 2.58 bits per heavy atom. The molecule has 0 fully saturated rings. The third-order valence-corrected chi connectivity index (χ3v) is 7.76. The molecule has 2 heterocycles. The maximum absolute atomic E-state index is 13.8. The van der Waals surface area contributed by atoms with Gasteiger partial charge in [0.1, 0.15) is 10.6 Å². The average molecular weight is 517 g/mol. The quantitative estimate of drug-likeness (QED) is 0.250. The van der Waals surface area contributed by atoms with E-state index in [1.165, 1.54) is 11.3 Å². The van der Waals surface area contributed by atoms with Gasteiger partial charge >= 0.3 is 0 Å². The van der Waals surface area contributed by atoms with Crippen molar-refractivity contribution in [2.45, 2.75) is 19.9 Å². The Hall–Kier alpha value is -3.61. The summed E-state index contributed by atoms with van der Waals surface area (Å²) < 4.78 is 6.58. The number of thiophene rings is 1. The van der Waals surface area contributed by atoms with Gasteiger partial charge in [0.15, 0.2) is 0 Å². The first-order valence-corrected chi connectivity index (χ1v) is 13.0. The highest BCUT2D eigenvalue weighted by Crippen LogP contribution is 2.36. The lowest BCUT2D eigenvalue weighted by molar-refractivity contribution is 0.0749. The molecule has 0 aliphatic rings. The molecule has 0 atom stereocenters. The second-order valence-corrected chi connectivity index (χ2v) is 9.94. The summed E-state index contributed by atoms with van der Waals surface area (Å²) in [4.78, 5) is 31.9. The second kappa shape index (κ2) is 10.6. The van der Waals surface area contributed by atoms with E-state index in [0.29, 0.717) is 35.0 Å². The van der Waals surface area contributed by atoms with Crippen molar-refractivity contribution in [3.8, 4) is 5.75 Å². The molecule has 0 spiro atoms. The monoisotopic (exact) mass is 516 g/mol. The Morgan fingerprint density at radius 2 is 1.81 bits per heavy atom. The van der Waals surface area contributed by atoms with Gasteiger partial charge in [-0.05, 0) is 49.2 Å². The van der Waals surface area contributed by atoms with Crippen molar-refractivity contribution in [2.24, 2.45) is 0 Å². The second-order valence-electron chi connectivity index (χ2n) is 8.51. The van der Waals surface area contributed by atoms with E-state index in [-0.39, 0.29) is 18.0 Å². The van der Waals surface area contributed by atoms with Crippen molar-refractivity contribution in [2.75, 3.05) is 13.2 Å². The van der Waals surface area contributed by atoms with Crippen molar-refractivity contribution in [1.29, 1.82) is 0 Å². The number of fused-ring (bicyclic) bond motifs is 2. The third-order valence-electron chi connectivity index (χ3n) is 6.09. The number of aromatic nitrogens is 1. The van der Waals surface area contributed by atoms with E-state index in [9.17, 15) is 9.59 Å². The standard InChI is InChI=1S/C29H25ClN2O3S/c1-2-35-22-12-13-24-20(17-22)16-21(28(33)31-24)18-32(15-14-19-8-4-3-5-9-19)29(34)27-26(30)23-10-6-7-11-25(23)36-27/h3-13,16-17H,2,14-15,18H2,1H3,(H,31,33). The predicted octanol–water partition coefficient (Wildman–Crippen LogP) is 6.68. The van der Waals surface area contributed by atoms with Crippen LogP contribution in [0.15, 0.2) is 83.7 Å². The van der Waals surface area contributed by atoms with Crippen molar-refractivity contribution < 1.29 is 9.53 Å². The van der Waals surface area contributed by atoms with Crippen LogP contribution in [0.1, 0.15) is 27.7 Å². The van der Waals surface area contributed by atoms with Gasteiger partial charge in [-0.1, -0.05) is 60.1 Å². The zero-order chi connectivity index (χ0) is 25.1. The molecule has 0 radical (unpaired) electrons. The van der Waals surface area contributed by atoms with Crippen molar-refractivity contribution in [3.05, 3.63) is 110 Å². The van der Waals surface area contributed by atoms with Gasteiger partial charge in [-0.2, -0.15) is 0 Å². The highest BCUT2D eigenvalue weighted by Gasteiger charge is 2.23. The molecule has 0 aliphatic carbocycles. The van der Waals surface area contributed by atoms with Crippen LogP contribution in [0.25, 0.3) is 21.0 Å². The van der Waals surface area contributed by atoms with Gasteiger partial charge in [-0.3, -0.25) is 9.59 Å². The number of benzene rings is 3. The zero-order valence-electron chi connectivity index (χ0n) is 19.8. The van der Waals surface area contributed by atoms with Crippen LogP contribution in [-0.2, 0) is 13.0 Å². The number of hydrogen-bond acceptors (Lipinski definition) is 4. The third kappa shape index (κ3) is 5.01. The van der Waals surface area contributed by atoms with Gasteiger partial charge in [0.05, 0.1) is 18.2 Å². The molecule has 2 aromatic heterocycles. The van der Waals surface area contributed by atoms with Gasteiger partial charge in [0.25, 0.3) is 11.5 Å². The van der Waals surface area contributed by atoms with Crippen LogP contribution in [0, 0.1) is 0 Å². The van der Waals surface area contributed by atoms with Crippen molar-refractivity contribution in [1.82, 2.24) is 9.88 Å². The number of H-pyrrole nitrogens is 1. The maximum atomic E-state index is 13.8. The summed E-state index contributed by atoms with van der Waals surface area (Å²) in [6.07, 6.45) is 0.662. The smallest absolute Gasteiger partial charge is 0.265 e. The first kappa shape index (κ1) is 24.1. The van der Waals surface area contributed by atoms with Gasteiger partial charge in [-0.25, -0.2) is 0 Å². The first-order chi connectivity index (χ1) is 17.5. The lowest BCUT2D eigenvalue weighted by Crippen LogP contribution is -2.34. The van der Waals surface area contributed by atoms with Gasteiger partial charge in [-0.15, -0.1) is 11.3 Å². The maximum Gasteiger partial charge on any atom is 0.265 e. The summed E-state index contributed by atoms with van der Waals surface area (Å²) >= 11 is 8.03. The average Bonchev–Trinajstić information content (AvgIpc) is 3.24. The molecule has 0 aliphatic heterocycles. The van der Waals surface area contributed by atoms with Crippen LogP contribution in [0.4, 0.5) is 0 Å². The lowest BCUT2D eigenvalue weighted by Gasteiger charge is -2.22. The number of pyridine rings is 1. The van der Waals surface area contributed by atoms with Crippen molar-refractivity contribution >= 4 is 49.8 Å². The van der Waals surface area contributed by atoms with E-state index in [1.54, 1.807) is 4.90 Å². The van der Waals surface area contributed by atoms with E-state index in [1.807, 2.05) is 85.8 Å². The first-order valence-electron chi connectivity index (χ1n) is 11.8. The Labute approximate surface area is 217 Å². The Bertz CT molecular complexity index is 1590. The molecule has 1 N–H and O–H groups in total. The molecule has 0 saturated carbocycles. The van der Waals surface area contributed by atoms with E-state index >= 15 is 0 Å². The van der Waals surface area contributed by atoms with Crippen LogP contribution in [0.2, 0.25) is 5.02 Å². The minimum absolute atomic E-state index is 0.167. The number of nitrogens with one attached hydrogen (secondary N) is 1. The normalized spacial score (nSPS) is 11.2. The highest BCUT2D eigenvalue weighted by molar-refractivity contribution is 7.21. The molecule has 182 valence electrons. The molecule has 5 aromatic rings. The molecular formula is C29H25ClN2O3S. The predicted molar refractivity (Wildman–Crippen MR) is 147 cm³/mol. The number of amides is 1. The lowest BCUT2D eigenvalue weighted by atomic mass is 10.1. The minimum atomic E-state index is -0.216. The summed E-state index contributed by atoms with van der Waals surface area (Å²) in [5, 5.41) is 2.17. The van der Waals surface area contributed by atoms with Crippen LogP contribution in [-0.4, -0.2) is 28.9 Å². The molecule has 5 nitrogen and oxygen atoms in total. The fourth-order valence-electron chi connectivity index (χ4n) is 4.27. The molecule has 0 unspecified atom stereocenters. The Balaban J connectivity index is 1.50. The van der Waals surface area contributed by atoms with Crippen molar-refractivity contribution in [3.63, 3.8) is 0 Å². The topological polar surface area (TPSA) is 62.4 Å². The summed E-state index contributed by atoms with van der Waals surface area (Å²) in [5.41, 5.74) is 2.13. The van der Waals surface area contributed by atoms with Crippen LogP contribution >= 0.6 is 22.9 Å². The minimum Gasteiger partial charge on any atom is -0.494 e. The fraction of sp³-hybridized carbons (Fsp3) is 0.172. The molecule has 0 saturated heterocycles. The van der Waals surface area contributed by atoms with E-state index in [0.717, 1.165) is 32.3 Å².